The molecule has 1 aliphatic rings. The van der Waals surface area contributed by atoms with Crippen molar-refractivity contribution in [3.63, 3.8) is 0 Å². The van der Waals surface area contributed by atoms with Crippen molar-refractivity contribution in [2.45, 2.75) is 38.4 Å². The number of hydrogen-bond donors (Lipinski definition) is 0. The first kappa shape index (κ1) is 19.9. The average Bonchev–Trinajstić information content (AvgIpc) is 2.54. The van der Waals surface area contributed by atoms with Crippen LogP contribution in [0.2, 0.25) is 0 Å². The minimum Gasteiger partial charge on any atom is -0.550 e. The van der Waals surface area contributed by atoms with Crippen molar-refractivity contribution in [3.05, 3.63) is 29.3 Å². The number of anilines is 1. The molecule has 1 aromatic carbocycles. The molecule has 0 bridgehead atoms. The molecule has 6 nitrogen and oxygen atoms in total. The monoisotopic (exact) mass is 372 g/mol. The van der Waals surface area contributed by atoms with Gasteiger partial charge in [-0.15, -0.1) is 0 Å². The fourth-order valence-corrected chi connectivity index (χ4v) is 2.89. The molecule has 0 N–H and O–H groups in total. The molecule has 1 saturated heterocycles. The fourth-order valence-electron chi connectivity index (χ4n) is 2.89. The minimum absolute atomic E-state index is 0.0869. The first-order chi connectivity index (χ1) is 12.1. The lowest BCUT2D eigenvalue weighted by molar-refractivity contribution is -0.304. The van der Waals surface area contributed by atoms with E-state index in [0.29, 0.717) is 18.9 Å². The number of halogens is 3. The molecule has 1 fully saturated rings. The summed E-state index contributed by atoms with van der Waals surface area (Å²) in [6, 6.07) is 1.89. The Bertz CT molecular complexity index is 711. The van der Waals surface area contributed by atoms with Crippen LogP contribution in [0.5, 0.6) is 0 Å². The van der Waals surface area contributed by atoms with Gasteiger partial charge in [0.1, 0.15) is 0 Å². The van der Waals surface area contributed by atoms with Crippen molar-refractivity contribution >= 4 is 23.3 Å². The van der Waals surface area contributed by atoms with Gasteiger partial charge in [0.05, 0.1) is 23.6 Å². The topological polar surface area (TPSA) is 86.7 Å². The summed E-state index contributed by atoms with van der Waals surface area (Å²) in [5, 5.41) is 10.8. The number of carboxylic acids is 1. The number of nitrogens with zero attached hydrogens (tertiary/aromatic N) is 1. The lowest BCUT2D eigenvalue weighted by atomic mass is 10.00. The molecule has 1 amide bonds. The molecule has 1 aliphatic heterocycles. The molecule has 0 spiro atoms. The molecular formula is C17H17F3NO5-. The van der Waals surface area contributed by atoms with Gasteiger partial charge in [-0.25, -0.2) is 0 Å². The summed E-state index contributed by atoms with van der Waals surface area (Å²) in [6.45, 7) is 1.71. The summed E-state index contributed by atoms with van der Waals surface area (Å²) in [6.07, 6.45) is -5.05. The number of ketones is 1. The summed E-state index contributed by atoms with van der Waals surface area (Å²) in [4.78, 5) is 36.2. The number of benzene rings is 1. The lowest BCUT2D eigenvalue weighted by Crippen LogP contribution is -2.46. The number of carbonyl (C=O) groups excluding carboxylic acids is 3. The van der Waals surface area contributed by atoms with Gasteiger partial charge in [0.25, 0.3) is 0 Å². The highest BCUT2D eigenvalue weighted by Gasteiger charge is 2.35. The van der Waals surface area contributed by atoms with Crippen LogP contribution in [-0.2, 0) is 20.5 Å². The van der Waals surface area contributed by atoms with Crippen molar-refractivity contribution in [2.24, 2.45) is 0 Å². The van der Waals surface area contributed by atoms with Crippen LogP contribution in [0.4, 0.5) is 18.9 Å². The number of carboxylic acid groups (broad SMARTS) is 1. The molecular weight excluding hydrogens is 355 g/mol. The Morgan fingerprint density at radius 2 is 1.85 bits per heavy atom. The molecule has 9 heteroatoms. The van der Waals surface area contributed by atoms with Gasteiger partial charge in [0.2, 0.25) is 5.91 Å². The van der Waals surface area contributed by atoms with E-state index in [0.717, 1.165) is 24.0 Å². The van der Waals surface area contributed by atoms with E-state index in [1.54, 1.807) is 0 Å². The standard InChI is InChI=1S/C17H18F3NO5/c1-10(22)13-3-2-11(17(18,19)20)8-14(13)21(15(23)9-16(24)25)12-4-6-26-7-5-12/h2-3,8,12H,4-7,9H2,1H3,(H,24,25)/p-1. The normalized spacial score (nSPS) is 15.5. The van der Waals surface area contributed by atoms with Crippen LogP contribution in [0.1, 0.15) is 42.1 Å². The molecule has 0 radical (unpaired) electrons. The molecule has 0 aromatic heterocycles. The van der Waals surface area contributed by atoms with Crippen LogP contribution >= 0.6 is 0 Å². The summed E-state index contributed by atoms with van der Waals surface area (Å²) in [7, 11) is 0. The molecule has 0 saturated carbocycles. The van der Waals surface area contributed by atoms with Gasteiger partial charge in [0.15, 0.2) is 5.78 Å². The van der Waals surface area contributed by atoms with E-state index in [-0.39, 0.29) is 24.5 Å². The summed E-state index contributed by atoms with van der Waals surface area (Å²) < 4.78 is 44.5. The number of ether oxygens (including phenoxy) is 1. The molecule has 0 unspecified atom stereocenters. The van der Waals surface area contributed by atoms with Gasteiger partial charge < -0.3 is 19.5 Å². The van der Waals surface area contributed by atoms with Gasteiger partial charge in [-0.1, -0.05) is 0 Å². The summed E-state index contributed by atoms with van der Waals surface area (Å²) in [5.41, 5.74) is -1.36. The van der Waals surface area contributed by atoms with Crippen molar-refractivity contribution in [3.8, 4) is 0 Å². The largest absolute Gasteiger partial charge is 0.550 e. The summed E-state index contributed by atoms with van der Waals surface area (Å²) in [5.74, 6) is -3.12. The van der Waals surface area contributed by atoms with Crippen LogP contribution in [0.25, 0.3) is 0 Å². The van der Waals surface area contributed by atoms with Crippen molar-refractivity contribution < 1.29 is 37.4 Å². The number of alkyl halides is 3. The fraction of sp³-hybridized carbons (Fsp3) is 0.471. The van der Waals surface area contributed by atoms with Crippen molar-refractivity contribution in [2.75, 3.05) is 18.1 Å². The third-order valence-corrected chi connectivity index (χ3v) is 4.08. The van der Waals surface area contributed by atoms with Gasteiger partial charge in [0, 0.05) is 24.8 Å². The predicted molar refractivity (Wildman–Crippen MR) is 82.4 cm³/mol. The maximum atomic E-state index is 13.1. The Labute approximate surface area is 147 Å². The molecule has 2 rings (SSSR count). The van der Waals surface area contributed by atoms with Crippen molar-refractivity contribution in [1.82, 2.24) is 0 Å². The van der Waals surface area contributed by atoms with E-state index < -0.39 is 41.9 Å². The zero-order chi connectivity index (χ0) is 19.5. The van der Waals surface area contributed by atoms with Gasteiger partial charge in [-0.2, -0.15) is 13.2 Å². The second-order valence-corrected chi connectivity index (χ2v) is 5.94. The number of hydrogen-bond acceptors (Lipinski definition) is 5. The Morgan fingerprint density at radius 1 is 1.23 bits per heavy atom. The molecule has 0 atom stereocenters. The summed E-state index contributed by atoms with van der Waals surface area (Å²) >= 11 is 0. The molecule has 26 heavy (non-hydrogen) atoms. The molecule has 1 heterocycles. The quantitative estimate of drug-likeness (QED) is 0.578. The second-order valence-electron chi connectivity index (χ2n) is 5.94. The van der Waals surface area contributed by atoms with E-state index >= 15 is 0 Å². The Kier molecular flexibility index (Phi) is 6.01. The van der Waals surface area contributed by atoms with Crippen LogP contribution in [0, 0.1) is 0 Å². The first-order valence-electron chi connectivity index (χ1n) is 7.93. The van der Waals surface area contributed by atoms with Gasteiger partial charge in [-0.05, 0) is 38.0 Å². The van der Waals surface area contributed by atoms with Crippen LogP contribution in [0.15, 0.2) is 18.2 Å². The molecule has 0 aliphatic carbocycles. The molecule has 142 valence electrons. The third kappa shape index (κ3) is 4.60. The zero-order valence-electron chi connectivity index (χ0n) is 14.0. The Morgan fingerprint density at radius 3 is 2.35 bits per heavy atom. The first-order valence-corrected chi connectivity index (χ1v) is 7.93. The Hall–Kier alpha value is -2.42. The third-order valence-electron chi connectivity index (χ3n) is 4.08. The lowest BCUT2D eigenvalue weighted by Gasteiger charge is -2.35. The number of Topliss-reactive ketones (excluding diaryl/α,β-unsaturated/α-hetero) is 1. The van der Waals surface area contributed by atoms with Crippen LogP contribution in [-0.4, -0.2) is 36.9 Å². The predicted octanol–water partition coefficient (Wildman–Crippen LogP) is 1.56. The zero-order valence-corrected chi connectivity index (χ0v) is 14.0. The smallest absolute Gasteiger partial charge is 0.416 e. The SMILES string of the molecule is CC(=O)c1ccc(C(F)(F)F)cc1N(C(=O)CC(=O)[O-])C1CCOCC1. The number of rotatable bonds is 5. The maximum Gasteiger partial charge on any atom is 0.416 e. The maximum absolute atomic E-state index is 13.1. The van der Waals surface area contributed by atoms with Crippen LogP contribution in [0.3, 0.4) is 0 Å². The van der Waals surface area contributed by atoms with Gasteiger partial charge in [-0.3, -0.25) is 9.59 Å². The van der Waals surface area contributed by atoms with E-state index in [1.165, 1.54) is 0 Å². The van der Waals surface area contributed by atoms with Gasteiger partial charge >= 0.3 is 6.18 Å². The van der Waals surface area contributed by atoms with Crippen molar-refractivity contribution in [1.29, 1.82) is 0 Å². The van der Waals surface area contributed by atoms with E-state index in [2.05, 4.69) is 0 Å². The minimum atomic E-state index is -4.68. The number of aliphatic carboxylic acids is 1. The second kappa shape index (κ2) is 7.86. The Balaban J connectivity index is 2.58. The van der Waals surface area contributed by atoms with E-state index in [4.69, 9.17) is 4.74 Å². The molecule has 1 aromatic rings. The van der Waals surface area contributed by atoms with Crippen LogP contribution < -0.4 is 10.0 Å². The highest BCUT2D eigenvalue weighted by atomic mass is 19.4. The highest BCUT2D eigenvalue weighted by molar-refractivity contribution is 6.08. The average molecular weight is 372 g/mol. The number of carbonyl (C=O) groups is 3. The highest BCUT2D eigenvalue weighted by Crippen LogP contribution is 2.35. The number of amides is 1. The van der Waals surface area contributed by atoms with E-state index in [1.807, 2.05) is 0 Å². The van der Waals surface area contributed by atoms with E-state index in [9.17, 15) is 32.7 Å².